The number of rotatable bonds is 4. The van der Waals surface area contributed by atoms with Crippen LogP contribution in [0.15, 0.2) is 47.2 Å². The number of halogens is 1. The number of aliphatic hydroxyl groups is 1. The van der Waals surface area contributed by atoms with Gasteiger partial charge in [0.15, 0.2) is 0 Å². The minimum Gasteiger partial charge on any atom is -0.394 e. The Hall–Kier alpha value is -1.50. The average molecular weight is 377 g/mol. The molecule has 5 nitrogen and oxygen atoms in total. The fraction of sp³-hybridized carbons (Fsp3) is 0.412. The average Bonchev–Trinajstić information content (AvgIpc) is 2.62. The second-order valence-corrected chi connectivity index (χ2v) is 6.88. The van der Waals surface area contributed by atoms with Crippen molar-refractivity contribution in [1.82, 2.24) is 14.9 Å². The molecule has 6 heteroatoms. The van der Waals surface area contributed by atoms with Gasteiger partial charge in [-0.25, -0.2) is 9.97 Å². The van der Waals surface area contributed by atoms with Crippen molar-refractivity contribution in [2.45, 2.75) is 12.5 Å². The molecule has 2 aromatic rings. The van der Waals surface area contributed by atoms with Crippen molar-refractivity contribution < 1.29 is 5.11 Å². The van der Waals surface area contributed by atoms with Gasteiger partial charge in [-0.2, -0.15) is 0 Å². The summed E-state index contributed by atoms with van der Waals surface area (Å²) >= 11 is 3.47. The normalized spacial score (nSPS) is 18.7. The Bertz CT molecular complexity index is 629. The van der Waals surface area contributed by atoms with Crippen LogP contribution in [0.5, 0.6) is 0 Å². The van der Waals surface area contributed by atoms with Gasteiger partial charge in [0, 0.05) is 43.0 Å². The summed E-state index contributed by atoms with van der Waals surface area (Å²) in [5.41, 5.74) is 0.761. The molecule has 1 aliphatic rings. The summed E-state index contributed by atoms with van der Waals surface area (Å²) in [6.45, 7) is 5.64. The second kappa shape index (κ2) is 6.95. The first-order chi connectivity index (χ1) is 11.1. The lowest BCUT2D eigenvalue weighted by Gasteiger charge is -2.45. The number of aromatic nitrogens is 2. The Labute approximate surface area is 145 Å². The van der Waals surface area contributed by atoms with E-state index in [1.165, 1.54) is 0 Å². The number of benzene rings is 1. The van der Waals surface area contributed by atoms with E-state index in [0.717, 1.165) is 42.2 Å². The van der Waals surface area contributed by atoms with Crippen molar-refractivity contribution in [3.8, 4) is 0 Å². The lowest BCUT2D eigenvalue weighted by molar-refractivity contribution is 0.0356. The van der Waals surface area contributed by atoms with Gasteiger partial charge in [0.05, 0.1) is 12.1 Å². The minimum absolute atomic E-state index is 0.0937. The molecule has 1 aromatic carbocycles. The van der Waals surface area contributed by atoms with Crippen LogP contribution in [-0.4, -0.2) is 52.8 Å². The molecule has 122 valence electrons. The third kappa shape index (κ3) is 3.39. The number of hydrogen-bond donors (Lipinski definition) is 1. The SMILES string of the molecule is CC(CO)(c1ccc(Br)cc1)N1CCN(c2ncccn2)CC1. The molecular weight excluding hydrogens is 356 g/mol. The summed E-state index contributed by atoms with van der Waals surface area (Å²) in [6, 6.07) is 10.0. The van der Waals surface area contributed by atoms with Gasteiger partial charge in [-0.05, 0) is 30.7 Å². The fourth-order valence-electron chi connectivity index (χ4n) is 3.04. The van der Waals surface area contributed by atoms with Gasteiger partial charge in [0.25, 0.3) is 0 Å². The Morgan fingerprint density at radius 2 is 1.70 bits per heavy atom. The summed E-state index contributed by atoms with van der Waals surface area (Å²) in [6.07, 6.45) is 3.54. The maximum absolute atomic E-state index is 10.1. The molecular formula is C17H21BrN4O. The standard InChI is InChI=1S/C17H21BrN4O/c1-17(13-23,14-3-5-15(18)6-4-14)22-11-9-21(10-12-22)16-19-7-2-8-20-16/h2-8,23H,9-13H2,1H3. The van der Waals surface area contributed by atoms with Crippen LogP contribution in [-0.2, 0) is 5.54 Å². The number of piperazine rings is 1. The van der Waals surface area contributed by atoms with Gasteiger partial charge in [0.2, 0.25) is 5.95 Å². The van der Waals surface area contributed by atoms with Crippen LogP contribution in [0.3, 0.4) is 0 Å². The quantitative estimate of drug-likeness (QED) is 0.886. The summed E-state index contributed by atoms with van der Waals surface area (Å²) in [4.78, 5) is 13.2. The first-order valence-corrected chi connectivity index (χ1v) is 8.57. The second-order valence-electron chi connectivity index (χ2n) is 5.96. The van der Waals surface area contributed by atoms with Gasteiger partial charge in [-0.1, -0.05) is 28.1 Å². The highest BCUT2D eigenvalue weighted by Gasteiger charge is 2.35. The van der Waals surface area contributed by atoms with Gasteiger partial charge in [-0.15, -0.1) is 0 Å². The molecule has 0 radical (unpaired) electrons. The molecule has 0 aliphatic carbocycles. The number of hydrogen-bond acceptors (Lipinski definition) is 5. The molecule has 1 saturated heterocycles. The molecule has 1 unspecified atom stereocenters. The van der Waals surface area contributed by atoms with E-state index in [1.54, 1.807) is 12.4 Å². The van der Waals surface area contributed by atoms with Crippen LogP contribution in [0, 0.1) is 0 Å². The zero-order valence-electron chi connectivity index (χ0n) is 13.2. The zero-order valence-corrected chi connectivity index (χ0v) is 14.8. The maximum atomic E-state index is 10.1. The highest BCUT2D eigenvalue weighted by atomic mass is 79.9. The van der Waals surface area contributed by atoms with E-state index >= 15 is 0 Å². The predicted molar refractivity (Wildman–Crippen MR) is 94.4 cm³/mol. The summed E-state index contributed by atoms with van der Waals surface area (Å²) < 4.78 is 1.05. The first-order valence-electron chi connectivity index (χ1n) is 7.77. The van der Waals surface area contributed by atoms with Gasteiger partial charge >= 0.3 is 0 Å². The smallest absolute Gasteiger partial charge is 0.225 e. The Kier molecular flexibility index (Phi) is 4.94. The number of aliphatic hydroxyl groups excluding tert-OH is 1. The molecule has 1 aromatic heterocycles. The summed E-state index contributed by atoms with van der Waals surface area (Å²) in [5.74, 6) is 0.779. The van der Waals surface area contributed by atoms with Crippen LogP contribution >= 0.6 is 15.9 Å². The van der Waals surface area contributed by atoms with Crippen molar-refractivity contribution in [2.24, 2.45) is 0 Å². The molecule has 0 amide bonds. The van der Waals surface area contributed by atoms with Crippen molar-refractivity contribution in [3.05, 3.63) is 52.8 Å². The highest BCUT2D eigenvalue weighted by molar-refractivity contribution is 9.10. The first kappa shape index (κ1) is 16.4. The Morgan fingerprint density at radius 3 is 2.26 bits per heavy atom. The molecule has 3 rings (SSSR count). The maximum Gasteiger partial charge on any atom is 0.225 e. The third-order valence-corrected chi connectivity index (χ3v) is 5.12. The summed E-state index contributed by atoms with van der Waals surface area (Å²) in [7, 11) is 0. The zero-order chi connectivity index (χ0) is 16.3. The van der Waals surface area contributed by atoms with Crippen LogP contribution in [0.4, 0.5) is 5.95 Å². The van der Waals surface area contributed by atoms with Crippen LogP contribution < -0.4 is 4.90 Å². The van der Waals surface area contributed by atoms with Crippen LogP contribution in [0.25, 0.3) is 0 Å². The van der Waals surface area contributed by atoms with Crippen molar-refractivity contribution >= 4 is 21.9 Å². The van der Waals surface area contributed by atoms with Gasteiger partial charge in [-0.3, -0.25) is 4.90 Å². The van der Waals surface area contributed by atoms with Crippen molar-refractivity contribution in [3.63, 3.8) is 0 Å². The highest BCUT2D eigenvalue weighted by Crippen LogP contribution is 2.30. The predicted octanol–water partition coefficient (Wildman–Crippen LogP) is 2.27. The van der Waals surface area contributed by atoms with Crippen LogP contribution in [0.2, 0.25) is 0 Å². The van der Waals surface area contributed by atoms with E-state index in [1.807, 2.05) is 18.2 Å². The topological polar surface area (TPSA) is 52.5 Å². The lowest BCUT2D eigenvalue weighted by Crippen LogP contribution is -2.56. The molecule has 1 aliphatic heterocycles. The monoisotopic (exact) mass is 376 g/mol. The number of anilines is 1. The lowest BCUT2D eigenvalue weighted by atomic mass is 9.90. The Morgan fingerprint density at radius 1 is 1.09 bits per heavy atom. The Balaban J connectivity index is 1.73. The van der Waals surface area contributed by atoms with E-state index < -0.39 is 0 Å². The summed E-state index contributed by atoms with van der Waals surface area (Å²) in [5, 5.41) is 10.1. The third-order valence-electron chi connectivity index (χ3n) is 4.59. The fourth-order valence-corrected chi connectivity index (χ4v) is 3.30. The van der Waals surface area contributed by atoms with E-state index in [2.05, 4.69) is 54.8 Å². The van der Waals surface area contributed by atoms with E-state index in [-0.39, 0.29) is 12.1 Å². The molecule has 0 bridgehead atoms. The van der Waals surface area contributed by atoms with E-state index in [9.17, 15) is 5.11 Å². The van der Waals surface area contributed by atoms with E-state index in [0.29, 0.717) is 0 Å². The molecule has 2 heterocycles. The van der Waals surface area contributed by atoms with Crippen molar-refractivity contribution in [2.75, 3.05) is 37.7 Å². The molecule has 0 spiro atoms. The molecule has 1 N–H and O–H groups in total. The van der Waals surface area contributed by atoms with Gasteiger partial charge < -0.3 is 10.0 Å². The van der Waals surface area contributed by atoms with Crippen molar-refractivity contribution in [1.29, 1.82) is 0 Å². The van der Waals surface area contributed by atoms with E-state index in [4.69, 9.17) is 0 Å². The molecule has 1 atom stereocenters. The molecule has 23 heavy (non-hydrogen) atoms. The molecule has 0 saturated carbocycles. The van der Waals surface area contributed by atoms with Gasteiger partial charge in [0.1, 0.15) is 0 Å². The molecule has 1 fully saturated rings. The van der Waals surface area contributed by atoms with Crippen LogP contribution in [0.1, 0.15) is 12.5 Å². The minimum atomic E-state index is -0.371. The largest absolute Gasteiger partial charge is 0.394 e. The number of nitrogens with zero attached hydrogens (tertiary/aromatic N) is 4.